The monoisotopic (exact) mass is 324 g/mol. The highest BCUT2D eigenvalue weighted by Crippen LogP contribution is 2.32. The molecule has 2 amide bonds. The first-order chi connectivity index (χ1) is 10.8. The van der Waals surface area contributed by atoms with E-state index in [4.69, 9.17) is 5.11 Å². The second kappa shape index (κ2) is 6.39. The van der Waals surface area contributed by atoms with Crippen LogP contribution in [0.5, 0.6) is 0 Å². The lowest BCUT2D eigenvalue weighted by molar-refractivity contribution is -0.137. The van der Waals surface area contributed by atoms with E-state index in [9.17, 15) is 22.8 Å². The molecule has 0 fully saturated rings. The van der Waals surface area contributed by atoms with Gasteiger partial charge in [0, 0.05) is 11.4 Å². The predicted octanol–water partition coefficient (Wildman–Crippen LogP) is 4.05. The highest BCUT2D eigenvalue weighted by atomic mass is 19.4. The molecule has 0 saturated carbocycles. The predicted molar refractivity (Wildman–Crippen MR) is 77.5 cm³/mol. The van der Waals surface area contributed by atoms with Gasteiger partial charge in [-0.3, -0.25) is 10.1 Å². The Morgan fingerprint density at radius 3 is 1.91 bits per heavy atom. The summed E-state index contributed by atoms with van der Waals surface area (Å²) in [6, 6.07) is 9.95. The molecule has 3 N–H and O–H groups in total. The number of nitrogens with one attached hydrogen (secondary N) is 2. The molecule has 0 aliphatic heterocycles. The minimum Gasteiger partial charge on any atom is -0.465 e. The fraction of sp³-hybridized carbons (Fsp3) is 0.0667. The number of benzene rings is 2. The maximum atomic E-state index is 12.9. The van der Waals surface area contributed by atoms with Crippen molar-refractivity contribution in [1.29, 1.82) is 0 Å². The van der Waals surface area contributed by atoms with Gasteiger partial charge in [-0.15, -0.1) is 0 Å². The molecule has 0 aliphatic rings. The van der Waals surface area contributed by atoms with Crippen LogP contribution in [0, 0.1) is 0 Å². The lowest BCUT2D eigenvalue weighted by atomic mass is 10.1. The van der Waals surface area contributed by atoms with Gasteiger partial charge in [0.25, 0.3) is 5.91 Å². The van der Waals surface area contributed by atoms with Crippen LogP contribution >= 0.6 is 0 Å². The van der Waals surface area contributed by atoms with Crippen LogP contribution < -0.4 is 10.6 Å². The second-order valence-corrected chi connectivity index (χ2v) is 4.50. The Balaban J connectivity index is 2.18. The van der Waals surface area contributed by atoms with E-state index >= 15 is 0 Å². The van der Waals surface area contributed by atoms with Gasteiger partial charge < -0.3 is 10.4 Å². The van der Waals surface area contributed by atoms with Crippen molar-refractivity contribution < 1.29 is 27.9 Å². The van der Waals surface area contributed by atoms with Crippen molar-refractivity contribution in [1.82, 2.24) is 0 Å². The molecule has 0 spiro atoms. The highest BCUT2D eigenvalue weighted by Gasteiger charge is 2.34. The summed E-state index contributed by atoms with van der Waals surface area (Å²) in [5, 5.41) is 13.0. The molecule has 8 heteroatoms. The maximum absolute atomic E-state index is 12.9. The van der Waals surface area contributed by atoms with E-state index in [1.165, 1.54) is 36.4 Å². The second-order valence-electron chi connectivity index (χ2n) is 4.50. The molecule has 0 saturated heterocycles. The zero-order valence-electron chi connectivity index (χ0n) is 11.5. The Morgan fingerprint density at radius 2 is 1.39 bits per heavy atom. The zero-order valence-corrected chi connectivity index (χ0v) is 11.5. The average Bonchev–Trinajstić information content (AvgIpc) is 2.48. The normalized spacial score (nSPS) is 10.9. The smallest absolute Gasteiger partial charge is 0.417 e. The summed E-state index contributed by atoms with van der Waals surface area (Å²) in [5.74, 6) is -0.906. The third-order valence-electron chi connectivity index (χ3n) is 2.87. The zero-order chi connectivity index (χ0) is 17.0. The lowest BCUT2D eigenvalue weighted by Gasteiger charge is -2.12. The Kier molecular flexibility index (Phi) is 4.54. The van der Waals surface area contributed by atoms with Gasteiger partial charge in [-0.05, 0) is 36.4 Å². The van der Waals surface area contributed by atoms with Crippen molar-refractivity contribution in [2.45, 2.75) is 6.18 Å². The number of carbonyl (C=O) groups excluding carboxylic acids is 1. The number of hydrogen-bond donors (Lipinski definition) is 3. The van der Waals surface area contributed by atoms with E-state index in [2.05, 4.69) is 10.6 Å². The van der Waals surface area contributed by atoms with E-state index in [1.807, 2.05) is 0 Å². The van der Waals surface area contributed by atoms with Crippen molar-refractivity contribution in [3.05, 3.63) is 59.7 Å². The van der Waals surface area contributed by atoms with Gasteiger partial charge in [-0.1, -0.05) is 12.1 Å². The first-order valence-corrected chi connectivity index (χ1v) is 6.35. The Bertz CT molecular complexity index is 727. The molecule has 0 aromatic heterocycles. The van der Waals surface area contributed by atoms with Crippen LogP contribution in [0.25, 0.3) is 0 Å². The number of amides is 2. The first-order valence-electron chi connectivity index (χ1n) is 6.35. The molecule has 23 heavy (non-hydrogen) atoms. The van der Waals surface area contributed by atoms with Gasteiger partial charge in [0.1, 0.15) is 0 Å². The molecule has 0 aliphatic carbocycles. The quantitative estimate of drug-likeness (QED) is 0.797. The molecule has 0 unspecified atom stereocenters. The van der Waals surface area contributed by atoms with Gasteiger partial charge in [-0.2, -0.15) is 13.2 Å². The molecule has 0 bridgehead atoms. The van der Waals surface area contributed by atoms with Crippen molar-refractivity contribution in [2.24, 2.45) is 0 Å². The minimum atomic E-state index is -4.64. The number of carboxylic acid groups (broad SMARTS) is 1. The van der Waals surface area contributed by atoms with Crippen LogP contribution in [0.1, 0.15) is 15.9 Å². The molecule has 120 valence electrons. The van der Waals surface area contributed by atoms with Crippen LogP contribution in [0.15, 0.2) is 48.5 Å². The summed E-state index contributed by atoms with van der Waals surface area (Å²) in [4.78, 5) is 22.5. The van der Waals surface area contributed by atoms with Crippen molar-refractivity contribution in [3.8, 4) is 0 Å². The van der Waals surface area contributed by atoms with E-state index in [1.54, 1.807) is 0 Å². The number of carbonyl (C=O) groups is 2. The van der Waals surface area contributed by atoms with Gasteiger partial charge in [0.2, 0.25) is 0 Å². The number of anilines is 2. The van der Waals surface area contributed by atoms with Gasteiger partial charge in [0.15, 0.2) is 0 Å². The molecule has 2 aromatic carbocycles. The Hall–Kier alpha value is -3.03. The summed E-state index contributed by atoms with van der Waals surface area (Å²) in [7, 11) is 0. The summed E-state index contributed by atoms with van der Waals surface area (Å²) in [6.07, 6.45) is -5.88. The van der Waals surface area contributed by atoms with Crippen LogP contribution in [-0.4, -0.2) is 17.1 Å². The average molecular weight is 324 g/mol. The van der Waals surface area contributed by atoms with E-state index in [0.29, 0.717) is 0 Å². The molecular weight excluding hydrogens is 313 g/mol. The summed E-state index contributed by atoms with van der Waals surface area (Å²) in [6.45, 7) is 0. The molecule has 0 heterocycles. The molecule has 2 aromatic rings. The molecule has 0 atom stereocenters. The number of hydrogen-bond acceptors (Lipinski definition) is 2. The van der Waals surface area contributed by atoms with E-state index in [0.717, 1.165) is 12.1 Å². The third-order valence-corrected chi connectivity index (χ3v) is 2.87. The topological polar surface area (TPSA) is 78.4 Å². The highest BCUT2D eigenvalue weighted by molar-refractivity contribution is 6.05. The van der Waals surface area contributed by atoms with E-state index < -0.39 is 29.3 Å². The third kappa shape index (κ3) is 4.22. The number of alkyl halides is 3. The minimum absolute atomic E-state index is 0.239. The first kappa shape index (κ1) is 16.3. The Labute approximate surface area is 128 Å². The molecular formula is C15H11F3N2O3. The number of rotatable bonds is 3. The fourth-order valence-electron chi connectivity index (χ4n) is 1.89. The summed E-state index contributed by atoms with van der Waals surface area (Å²) >= 11 is 0. The fourth-order valence-corrected chi connectivity index (χ4v) is 1.89. The summed E-state index contributed by atoms with van der Waals surface area (Å²) in [5.41, 5.74) is -1.01. The SMILES string of the molecule is O=C(O)Nc1ccc(NC(=O)c2ccccc2C(F)(F)F)cc1. The number of halogens is 3. The largest absolute Gasteiger partial charge is 0.465 e. The van der Waals surface area contributed by atoms with E-state index in [-0.39, 0.29) is 11.4 Å². The molecule has 0 radical (unpaired) electrons. The van der Waals surface area contributed by atoms with Gasteiger partial charge >= 0.3 is 12.3 Å². The van der Waals surface area contributed by atoms with Crippen LogP contribution in [0.4, 0.5) is 29.3 Å². The Morgan fingerprint density at radius 1 is 0.870 bits per heavy atom. The van der Waals surface area contributed by atoms with Crippen LogP contribution in [0.2, 0.25) is 0 Å². The van der Waals surface area contributed by atoms with Crippen molar-refractivity contribution >= 4 is 23.4 Å². The van der Waals surface area contributed by atoms with Crippen molar-refractivity contribution in [3.63, 3.8) is 0 Å². The molecule has 5 nitrogen and oxygen atoms in total. The molecule has 2 rings (SSSR count). The van der Waals surface area contributed by atoms with Crippen molar-refractivity contribution in [2.75, 3.05) is 10.6 Å². The summed E-state index contributed by atoms with van der Waals surface area (Å²) < 4.78 is 38.6. The standard InChI is InChI=1S/C15H11F3N2O3/c16-15(17,18)12-4-2-1-3-11(12)13(21)19-9-5-7-10(8-6-9)20-14(22)23/h1-8,20H,(H,19,21)(H,22,23). The lowest BCUT2D eigenvalue weighted by Crippen LogP contribution is -2.18. The van der Waals surface area contributed by atoms with Crippen LogP contribution in [0.3, 0.4) is 0 Å². The van der Waals surface area contributed by atoms with Crippen LogP contribution in [-0.2, 0) is 6.18 Å². The van der Waals surface area contributed by atoms with Gasteiger partial charge in [0.05, 0.1) is 11.1 Å². The van der Waals surface area contributed by atoms with Gasteiger partial charge in [-0.25, -0.2) is 4.79 Å². The maximum Gasteiger partial charge on any atom is 0.417 e.